The van der Waals surface area contributed by atoms with Gasteiger partial charge >= 0.3 is 5.97 Å². The number of ether oxygens (including phenoxy) is 2. The number of carbonyl (C=O) groups is 1. The number of aliphatic hydroxyl groups is 1. The molecule has 0 aliphatic rings. The van der Waals surface area contributed by atoms with Gasteiger partial charge in [-0.05, 0) is 77.4 Å². The number of aryl methyl sites for hydroxylation is 1. The standard InChI is InChI=1S/C50H97N3O4/c1-5-9-13-17-19-27-36-47(34-25-15-11-7-3)49(54)56-44-31-23-21-29-39-52(41-33-42-53-43-38-51-46-53)40-30-22-24-32-45-57-50(55)48(35-26-16-12-8-4)37-28-20-18-14-10-6-2/h38,43,46-49,54H,5-37,39-42,44-45H2,1-4H3. The lowest BCUT2D eigenvalue weighted by Crippen LogP contribution is -2.28. The van der Waals surface area contributed by atoms with Gasteiger partial charge in [0, 0.05) is 31.5 Å². The van der Waals surface area contributed by atoms with E-state index < -0.39 is 6.29 Å². The summed E-state index contributed by atoms with van der Waals surface area (Å²) < 4.78 is 14.1. The number of nitrogens with zero attached hydrogens (tertiary/aromatic N) is 3. The lowest BCUT2D eigenvalue weighted by atomic mass is 9.93. The van der Waals surface area contributed by atoms with Crippen LogP contribution in [0.25, 0.3) is 0 Å². The highest BCUT2D eigenvalue weighted by Gasteiger charge is 2.20. The van der Waals surface area contributed by atoms with Gasteiger partial charge < -0.3 is 24.0 Å². The van der Waals surface area contributed by atoms with Crippen molar-refractivity contribution in [2.45, 2.75) is 252 Å². The van der Waals surface area contributed by atoms with Gasteiger partial charge in [-0.1, -0.05) is 182 Å². The molecule has 57 heavy (non-hydrogen) atoms. The van der Waals surface area contributed by atoms with Crippen LogP contribution in [0.3, 0.4) is 0 Å². The number of esters is 1. The van der Waals surface area contributed by atoms with Crippen molar-refractivity contribution in [2.75, 3.05) is 32.8 Å². The largest absolute Gasteiger partial charge is 0.465 e. The molecule has 3 unspecified atom stereocenters. The third kappa shape index (κ3) is 33.0. The molecule has 0 radical (unpaired) electrons. The van der Waals surface area contributed by atoms with Crippen LogP contribution in [0, 0.1) is 11.8 Å². The number of rotatable bonds is 45. The molecule has 1 heterocycles. The number of imidazole rings is 1. The van der Waals surface area contributed by atoms with Gasteiger partial charge in [-0.25, -0.2) is 4.98 Å². The Balaban J connectivity index is 2.37. The van der Waals surface area contributed by atoms with Gasteiger partial charge in [0.15, 0.2) is 6.29 Å². The van der Waals surface area contributed by atoms with Crippen LogP contribution in [-0.2, 0) is 20.8 Å². The van der Waals surface area contributed by atoms with Crippen molar-refractivity contribution in [3.05, 3.63) is 18.7 Å². The van der Waals surface area contributed by atoms with Crippen molar-refractivity contribution in [3.8, 4) is 0 Å². The predicted octanol–water partition coefficient (Wildman–Crippen LogP) is 14.2. The molecule has 0 bridgehead atoms. The molecular weight excluding hydrogens is 707 g/mol. The zero-order valence-electron chi connectivity index (χ0n) is 38.6. The van der Waals surface area contributed by atoms with Crippen molar-refractivity contribution in [3.63, 3.8) is 0 Å². The molecule has 1 rings (SSSR count). The first-order chi connectivity index (χ1) is 28.0. The molecule has 1 aromatic rings. The quantitative estimate of drug-likeness (QED) is 0.0402. The zero-order valence-corrected chi connectivity index (χ0v) is 38.6. The first kappa shape index (κ1) is 53.6. The molecule has 0 saturated carbocycles. The average molecular weight is 804 g/mol. The Labute approximate surface area is 354 Å². The van der Waals surface area contributed by atoms with E-state index in [9.17, 15) is 9.90 Å². The molecule has 0 aromatic carbocycles. The summed E-state index contributed by atoms with van der Waals surface area (Å²) >= 11 is 0. The van der Waals surface area contributed by atoms with E-state index in [-0.39, 0.29) is 17.8 Å². The predicted molar refractivity (Wildman–Crippen MR) is 244 cm³/mol. The summed E-state index contributed by atoms with van der Waals surface area (Å²) in [5, 5.41) is 11.0. The van der Waals surface area contributed by atoms with Crippen LogP contribution in [0.5, 0.6) is 0 Å². The van der Waals surface area contributed by atoms with Gasteiger partial charge in [0.2, 0.25) is 0 Å². The van der Waals surface area contributed by atoms with Crippen LogP contribution in [-0.4, -0.2) is 64.7 Å². The number of hydrogen-bond donors (Lipinski definition) is 1. The molecule has 0 fully saturated rings. The molecule has 0 spiro atoms. The van der Waals surface area contributed by atoms with E-state index in [2.05, 4.69) is 48.3 Å². The van der Waals surface area contributed by atoms with Gasteiger partial charge in [0.25, 0.3) is 0 Å². The third-order valence-electron chi connectivity index (χ3n) is 12.1. The van der Waals surface area contributed by atoms with E-state index in [0.717, 1.165) is 96.8 Å². The van der Waals surface area contributed by atoms with Gasteiger partial charge in [0.05, 0.1) is 18.9 Å². The van der Waals surface area contributed by atoms with E-state index in [1.807, 2.05) is 12.5 Å². The molecule has 1 N–H and O–H groups in total. The van der Waals surface area contributed by atoms with Crippen molar-refractivity contribution in [2.24, 2.45) is 11.8 Å². The van der Waals surface area contributed by atoms with Crippen LogP contribution < -0.4 is 0 Å². The third-order valence-corrected chi connectivity index (χ3v) is 12.1. The summed E-state index contributed by atoms with van der Waals surface area (Å²) in [6, 6.07) is 0. The van der Waals surface area contributed by atoms with Gasteiger partial charge in [0.1, 0.15) is 0 Å². The molecule has 0 aliphatic heterocycles. The number of carbonyl (C=O) groups excluding carboxylic acids is 1. The van der Waals surface area contributed by atoms with E-state index in [1.54, 1.807) is 0 Å². The normalized spacial score (nSPS) is 13.4. The summed E-state index contributed by atoms with van der Waals surface area (Å²) in [5.41, 5.74) is 0. The first-order valence-electron chi connectivity index (χ1n) is 25.2. The Morgan fingerprint density at radius 2 is 1.00 bits per heavy atom. The second-order valence-corrected chi connectivity index (χ2v) is 17.5. The van der Waals surface area contributed by atoms with Crippen molar-refractivity contribution < 1.29 is 19.4 Å². The lowest BCUT2D eigenvalue weighted by molar-refractivity contribution is -0.149. The molecule has 0 amide bonds. The maximum atomic E-state index is 13.0. The van der Waals surface area contributed by atoms with Crippen LogP contribution in [0.1, 0.15) is 240 Å². The minimum absolute atomic E-state index is 0.0670. The monoisotopic (exact) mass is 804 g/mol. The van der Waals surface area contributed by atoms with Crippen LogP contribution in [0.4, 0.5) is 0 Å². The van der Waals surface area contributed by atoms with E-state index >= 15 is 0 Å². The molecular formula is C50H97N3O4. The van der Waals surface area contributed by atoms with Crippen molar-refractivity contribution in [1.29, 1.82) is 0 Å². The fourth-order valence-corrected chi connectivity index (χ4v) is 8.26. The molecule has 0 saturated heterocycles. The Bertz CT molecular complexity index is 944. The molecule has 7 heteroatoms. The van der Waals surface area contributed by atoms with Crippen LogP contribution in [0.15, 0.2) is 18.7 Å². The molecule has 3 atom stereocenters. The highest BCUT2D eigenvalue weighted by molar-refractivity contribution is 5.72. The zero-order chi connectivity index (χ0) is 41.3. The minimum atomic E-state index is -0.604. The summed E-state index contributed by atoms with van der Waals surface area (Å²) in [4.78, 5) is 19.9. The maximum Gasteiger partial charge on any atom is 0.308 e. The lowest BCUT2D eigenvalue weighted by Gasteiger charge is -2.24. The SMILES string of the molecule is CCCCCCCCC(CCCCCC)C(=O)OCCCCCCN(CCCCCCOC(O)C(CCCCCC)CCCCCCCC)CCCn1ccnc1. The topological polar surface area (TPSA) is 76.8 Å². The Morgan fingerprint density at radius 3 is 1.53 bits per heavy atom. The number of aromatic nitrogens is 2. The van der Waals surface area contributed by atoms with Gasteiger partial charge in [-0.2, -0.15) is 0 Å². The molecule has 1 aromatic heterocycles. The Kier molecular flexibility index (Phi) is 38.8. The summed E-state index contributed by atoms with van der Waals surface area (Å²) in [7, 11) is 0. The average Bonchev–Trinajstić information content (AvgIpc) is 3.74. The first-order valence-corrected chi connectivity index (χ1v) is 25.2. The van der Waals surface area contributed by atoms with E-state index in [4.69, 9.17) is 9.47 Å². The fourth-order valence-electron chi connectivity index (χ4n) is 8.26. The maximum absolute atomic E-state index is 13.0. The Morgan fingerprint density at radius 1 is 0.561 bits per heavy atom. The summed E-state index contributed by atoms with van der Waals surface area (Å²) in [6.45, 7) is 14.7. The van der Waals surface area contributed by atoms with Crippen LogP contribution in [0.2, 0.25) is 0 Å². The van der Waals surface area contributed by atoms with Crippen molar-refractivity contribution in [1.82, 2.24) is 14.5 Å². The highest BCUT2D eigenvalue weighted by Crippen LogP contribution is 2.24. The number of unbranched alkanes of at least 4 members (excludes halogenated alkanes) is 22. The summed E-state index contributed by atoms with van der Waals surface area (Å²) in [5.74, 6) is 0.452. The second-order valence-electron chi connectivity index (χ2n) is 17.5. The van der Waals surface area contributed by atoms with Gasteiger partial charge in [-0.15, -0.1) is 0 Å². The van der Waals surface area contributed by atoms with Gasteiger partial charge in [-0.3, -0.25) is 4.79 Å². The molecule has 7 nitrogen and oxygen atoms in total. The van der Waals surface area contributed by atoms with Crippen molar-refractivity contribution >= 4 is 5.97 Å². The summed E-state index contributed by atoms with van der Waals surface area (Å²) in [6.07, 6.45) is 45.0. The van der Waals surface area contributed by atoms with E-state index in [0.29, 0.717) is 13.2 Å². The fraction of sp³-hybridized carbons (Fsp3) is 0.920. The number of hydrogen-bond acceptors (Lipinski definition) is 6. The second kappa shape index (κ2) is 41.3. The Hall–Kier alpha value is -1.44. The van der Waals surface area contributed by atoms with Crippen LogP contribution >= 0.6 is 0 Å². The molecule has 336 valence electrons. The molecule has 0 aliphatic carbocycles. The smallest absolute Gasteiger partial charge is 0.308 e. The van der Waals surface area contributed by atoms with E-state index in [1.165, 1.54) is 141 Å². The minimum Gasteiger partial charge on any atom is -0.465 e. The number of aliphatic hydroxyl groups excluding tert-OH is 1. The highest BCUT2D eigenvalue weighted by atomic mass is 16.6.